The third-order valence-electron chi connectivity index (χ3n) is 2.25. The molecule has 0 fully saturated rings. The minimum atomic E-state index is -0.766. The third kappa shape index (κ3) is 2.47. The summed E-state index contributed by atoms with van der Waals surface area (Å²) in [5.41, 5.74) is 0.156. The van der Waals surface area contributed by atoms with E-state index in [9.17, 15) is 8.78 Å². The van der Waals surface area contributed by atoms with Crippen LogP contribution in [-0.4, -0.2) is 20.5 Å². The minimum Gasteiger partial charge on any atom is -0.411 e. The Kier molecular flexibility index (Phi) is 3.13. The number of rotatable bonds is 3. The van der Waals surface area contributed by atoms with E-state index in [4.69, 9.17) is 5.21 Å². The van der Waals surface area contributed by atoms with Crippen LogP contribution >= 0.6 is 0 Å². The van der Waals surface area contributed by atoms with Crippen molar-refractivity contribution in [3.63, 3.8) is 0 Å². The zero-order chi connectivity index (χ0) is 12.3. The molecule has 0 aliphatic rings. The average molecular weight is 237 g/mol. The molecule has 17 heavy (non-hydrogen) atoms. The molecule has 0 saturated carbocycles. The van der Waals surface area contributed by atoms with Gasteiger partial charge in [0.05, 0.1) is 12.9 Å². The van der Waals surface area contributed by atoms with Crippen molar-refractivity contribution >= 4 is 5.71 Å². The molecule has 0 saturated heterocycles. The first-order valence-electron chi connectivity index (χ1n) is 4.83. The van der Waals surface area contributed by atoms with Crippen LogP contribution in [0.4, 0.5) is 8.78 Å². The minimum absolute atomic E-state index is 0.0580. The van der Waals surface area contributed by atoms with Crippen LogP contribution in [0.3, 0.4) is 0 Å². The van der Waals surface area contributed by atoms with Gasteiger partial charge in [0.1, 0.15) is 17.3 Å². The van der Waals surface area contributed by atoms with Gasteiger partial charge in [-0.1, -0.05) is 5.16 Å². The van der Waals surface area contributed by atoms with Gasteiger partial charge in [0.25, 0.3) is 0 Å². The van der Waals surface area contributed by atoms with Crippen LogP contribution in [0.5, 0.6) is 0 Å². The first-order valence-corrected chi connectivity index (χ1v) is 4.83. The third-order valence-corrected chi connectivity index (χ3v) is 2.25. The summed E-state index contributed by atoms with van der Waals surface area (Å²) >= 11 is 0. The van der Waals surface area contributed by atoms with Crippen molar-refractivity contribution < 1.29 is 14.0 Å². The zero-order valence-electron chi connectivity index (χ0n) is 8.72. The van der Waals surface area contributed by atoms with Crippen molar-refractivity contribution in [3.05, 3.63) is 54.1 Å². The molecular weight excluding hydrogens is 228 g/mol. The molecule has 88 valence electrons. The van der Waals surface area contributed by atoms with Gasteiger partial charge in [-0.25, -0.2) is 13.8 Å². The van der Waals surface area contributed by atoms with Gasteiger partial charge in [-0.3, -0.25) is 0 Å². The highest BCUT2D eigenvalue weighted by atomic mass is 19.1. The lowest BCUT2D eigenvalue weighted by molar-refractivity contribution is 0.317. The molecule has 4 nitrogen and oxygen atoms in total. The SMILES string of the molecule is O/N=C(\Cn1ccnc1)c1ccc(F)cc1F. The highest BCUT2D eigenvalue weighted by Crippen LogP contribution is 2.11. The predicted molar refractivity (Wildman–Crippen MR) is 56.9 cm³/mol. The molecule has 0 spiro atoms. The summed E-state index contributed by atoms with van der Waals surface area (Å²) in [6.07, 6.45) is 4.70. The van der Waals surface area contributed by atoms with E-state index in [1.807, 2.05) is 0 Å². The fourth-order valence-electron chi connectivity index (χ4n) is 1.45. The van der Waals surface area contributed by atoms with Crippen molar-refractivity contribution in [1.29, 1.82) is 0 Å². The first-order chi connectivity index (χ1) is 8.20. The number of hydrogen-bond acceptors (Lipinski definition) is 3. The Labute approximate surface area is 95.8 Å². The molecule has 6 heteroatoms. The molecule has 0 aliphatic heterocycles. The standard InChI is InChI=1S/C11H9F2N3O/c12-8-1-2-9(10(13)5-8)11(15-17)6-16-4-3-14-7-16/h1-5,7,17H,6H2/b15-11+. The molecule has 0 bridgehead atoms. The summed E-state index contributed by atoms with van der Waals surface area (Å²) in [7, 11) is 0. The van der Waals surface area contributed by atoms with Crippen LogP contribution < -0.4 is 0 Å². The predicted octanol–water partition coefficient (Wildman–Crippen LogP) is 2.04. The van der Waals surface area contributed by atoms with Gasteiger partial charge in [-0.15, -0.1) is 0 Å². The average Bonchev–Trinajstić information content (AvgIpc) is 2.79. The highest BCUT2D eigenvalue weighted by Gasteiger charge is 2.11. The molecular formula is C11H9F2N3O. The number of benzene rings is 1. The van der Waals surface area contributed by atoms with Crippen molar-refractivity contribution in [3.8, 4) is 0 Å². The molecule has 1 N–H and O–H groups in total. The summed E-state index contributed by atoms with van der Waals surface area (Å²) in [4.78, 5) is 3.81. The second-order valence-corrected chi connectivity index (χ2v) is 3.41. The highest BCUT2D eigenvalue weighted by molar-refractivity contribution is 6.00. The normalized spacial score (nSPS) is 11.8. The Morgan fingerprint density at radius 2 is 2.24 bits per heavy atom. The van der Waals surface area contributed by atoms with Crippen molar-refractivity contribution in [2.75, 3.05) is 0 Å². The van der Waals surface area contributed by atoms with Gasteiger partial charge in [-0.2, -0.15) is 0 Å². The monoisotopic (exact) mass is 237 g/mol. The van der Waals surface area contributed by atoms with Gasteiger partial charge in [0, 0.05) is 24.0 Å². The van der Waals surface area contributed by atoms with Gasteiger partial charge in [0.15, 0.2) is 0 Å². The Morgan fingerprint density at radius 3 is 2.82 bits per heavy atom. The van der Waals surface area contributed by atoms with Gasteiger partial charge < -0.3 is 9.77 Å². The van der Waals surface area contributed by atoms with Gasteiger partial charge >= 0.3 is 0 Å². The second-order valence-electron chi connectivity index (χ2n) is 3.41. The van der Waals surface area contributed by atoms with E-state index >= 15 is 0 Å². The largest absolute Gasteiger partial charge is 0.411 e. The fourth-order valence-corrected chi connectivity index (χ4v) is 1.45. The van der Waals surface area contributed by atoms with E-state index in [2.05, 4.69) is 10.1 Å². The Balaban J connectivity index is 2.30. The zero-order valence-corrected chi connectivity index (χ0v) is 8.72. The molecule has 0 unspecified atom stereocenters. The molecule has 0 aliphatic carbocycles. The Morgan fingerprint density at radius 1 is 1.41 bits per heavy atom. The molecule has 0 atom stereocenters. The van der Waals surface area contributed by atoms with Crippen molar-refractivity contribution in [2.24, 2.45) is 5.16 Å². The van der Waals surface area contributed by atoms with Crippen LogP contribution in [0.15, 0.2) is 42.1 Å². The maximum Gasteiger partial charge on any atom is 0.135 e. The molecule has 2 rings (SSSR count). The van der Waals surface area contributed by atoms with Crippen LogP contribution in [0.2, 0.25) is 0 Å². The first kappa shape index (κ1) is 11.3. The van der Waals surface area contributed by atoms with Crippen LogP contribution in [-0.2, 0) is 6.54 Å². The fraction of sp³-hybridized carbons (Fsp3) is 0.0909. The molecule has 0 radical (unpaired) electrons. The summed E-state index contributed by atoms with van der Waals surface area (Å²) in [5.74, 6) is -1.44. The number of halogens is 2. The van der Waals surface area contributed by atoms with Crippen LogP contribution in [0.25, 0.3) is 0 Å². The van der Waals surface area contributed by atoms with Crippen molar-refractivity contribution in [2.45, 2.75) is 6.54 Å². The van der Waals surface area contributed by atoms with Gasteiger partial charge in [-0.05, 0) is 12.1 Å². The molecule has 1 aromatic carbocycles. The van der Waals surface area contributed by atoms with Gasteiger partial charge in [0.2, 0.25) is 0 Å². The lowest BCUT2D eigenvalue weighted by Crippen LogP contribution is -2.12. The summed E-state index contributed by atoms with van der Waals surface area (Å²) in [6, 6.07) is 3.09. The van der Waals surface area contributed by atoms with E-state index in [-0.39, 0.29) is 17.8 Å². The summed E-state index contributed by atoms with van der Waals surface area (Å²) < 4.78 is 27.8. The Bertz CT molecular complexity index is 538. The van der Waals surface area contributed by atoms with E-state index in [1.54, 1.807) is 17.0 Å². The van der Waals surface area contributed by atoms with Crippen LogP contribution in [0.1, 0.15) is 5.56 Å². The number of imidazole rings is 1. The maximum absolute atomic E-state index is 13.5. The lowest BCUT2D eigenvalue weighted by Gasteiger charge is -2.06. The van der Waals surface area contributed by atoms with E-state index in [1.165, 1.54) is 12.4 Å². The maximum atomic E-state index is 13.5. The number of nitrogens with zero attached hydrogens (tertiary/aromatic N) is 3. The smallest absolute Gasteiger partial charge is 0.135 e. The lowest BCUT2D eigenvalue weighted by atomic mass is 10.1. The quantitative estimate of drug-likeness (QED) is 0.504. The molecule has 1 aromatic heterocycles. The van der Waals surface area contributed by atoms with Crippen molar-refractivity contribution in [1.82, 2.24) is 9.55 Å². The second kappa shape index (κ2) is 4.73. The van der Waals surface area contributed by atoms with E-state index in [0.717, 1.165) is 12.1 Å². The number of hydrogen-bond donors (Lipinski definition) is 1. The van der Waals surface area contributed by atoms with E-state index in [0.29, 0.717) is 0 Å². The number of aromatic nitrogens is 2. The summed E-state index contributed by atoms with van der Waals surface area (Å²) in [6.45, 7) is 0.152. The molecule has 0 amide bonds. The number of oxime groups is 1. The van der Waals surface area contributed by atoms with E-state index < -0.39 is 11.6 Å². The summed E-state index contributed by atoms with van der Waals surface area (Å²) in [5, 5.41) is 11.9. The topological polar surface area (TPSA) is 50.4 Å². The molecule has 2 aromatic rings. The molecule has 1 heterocycles. The van der Waals surface area contributed by atoms with Crippen LogP contribution in [0, 0.1) is 11.6 Å². The Hall–Kier alpha value is -2.24.